The highest BCUT2D eigenvalue weighted by Crippen LogP contribution is 2.35. The van der Waals surface area contributed by atoms with Gasteiger partial charge in [0.15, 0.2) is 6.10 Å². The van der Waals surface area contributed by atoms with Gasteiger partial charge >= 0.3 is 5.97 Å². The average Bonchev–Trinajstić information content (AvgIpc) is 2.63. The number of carbonyl (C=O) groups is 1. The maximum atomic E-state index is 14.5. The van der Waals surface area contributed by atoms with Crippen molar-refractivity contribution in [3.05, 3.63) is 0 Å². The number of rotatable bonds is 10. The van der Waals surface area contributed by atoms with Crippen LogP contribution in [0.1, 0.15) is 64.7 Å². The molecule has 0 aromatic carbocycles. The third kappa shape index (κ3) is 8.47. The van der Waals surface area contributed by atoms with Crippen LogP contribution in [0.15, 0.2) is 0 Å². The molecule has 0 aromatic heterocycles. The van der Waals surface area contributed by atoms with Crippen molar-refractivity contribution in [3.63, 3.8) is 0 Å². The summed E-state index contributed by atoms with van der Waals surface area (Å²) < 4.78 is 65.8. The molecule has 0 radical (unpaired) electrons. The Labute approximate surface area is 169 Å². The molecule has 1 aliphatic carbocycles. The fraction of sp³-hybridized carbons (Fsp3) is 0.950. The summed E-state index contributed by atoms with van der Waals surface area (Å²) in [6.07, 6.45) is 3.17. The maximum Gasteiger partial charge on any atom is 0.309 e. The van der Waals surface area contributed by atoms with Crippen LogP contribution in [0.3, 0.4) is 0 Å². The molecule has 0 N–H and O–H groups in total. The minimum atomic E-state index is -3.84. The zero-order chi connectivity index (χ0) is 20.6. The van der Waals surface area contributed by atoms with Crippen molar-refractivity contribution in [2.45, 2.75) is 82.7 Å². The molecule has 1 unspecified atom stereocenters. The van der Waals surface area contributed by atoms with E-state index in [1.165, 1.54) is 0 Å². The molecule has 2 fully saturated rings. The van der Waals surface area contributed by atoms with E-state index in [2.05, 4.69) is 0 Å². The Morgan fingerprint density at radius 2 is 1.71 bits per heavy atom. The Balaban J connectivity index is 1.89. The second kappa shape index (κ2) is 11.0. The summed E-state index contributed by atoms with van der Waals surface area (Å²) in [6.45, 7) is 0.164. The molecule has 1 aliphatic heterocycles. The average molecular weight is 429 g/mol. The van der Waals surface area contributed by atoms with E-state index in [9.17, 15) is 22.4 Å². The van der Waals surface area contributed by atoms with Gasteiger partial charge in [-0.25, -0.2) is 17.6 Å². The van der Waals surface area contributed by atoms with Crippen LogP contribution in [0.25, 0.3) is 0 Å². The lowest BCUT2D eigenvalue weighted by Crippen LogP contribution is -2.45. The first-order chi connectivity index (χ1) is 13.2. The molecule has 1 saturated heterocycles. The van der Waals surface area contributed by atoms with Gasteiger partial charge in [0.25, 0.3) is 11.8 Å². The van der Waals surface area contributed by atoms with Gasteiger partial charge in [0, 0.05) is 6.61 Å². The molecule has 2 aliphatic rings. The van der Waals surface area contributed by atoms with Crippen molar-refractivity contribution in [2.24, 2.45) is 11.8 Å². The first kappa shape index (κ1) is 23.8. The highest BCUT2D eigenvalue weighted by atomic mass is 32.2. The normalized spacial score (nSPS) is 21.5. The lowest BCUT2D eigenvalue weighted by molar-refractivity contribution is -0.204. The summed E-state index contributed by atoms with van der Waals surface area (Å²) in [7, 11) is 0. The lowest BCUT2D eigenvalue weighted by atomic mass is 9.89. The van der Waals surface area contributed by atoms with Gasteiger partial charge in [0.2, 0.25) is 0 Å². The fourth-order valence-electron chi connectivity index (χ4n) is 3.82. The lowest BCUT2D eigenvalue weighted by Gasteiger charge is -2.30. The van der Waals surface area contributed by atoms with Crippen LogP contribution in [-0.4, -0.2) is 48.6 Å². The minimum absolute atomic E-state index is 0.269. The molecule has 164 valence electrons. The summed E-state index contributed by atoms with van der Waals surface area (Å²) in [5.74, 6) is -5.84. The third-order valence-corrected chi connectivity index (χ3v) is 6.54. The van der Waals surface area contributed by atoms with Gasteiger partial charge in [-0.2, -0.15) is 11.8 Å². The van der Waals surface area contributed by atoms with Crippen LogP contribution in [0, 0.1) is 11.8 Å². The summed E-state index contributed by atoms with van der Waals surface area (Å²) in [5, 5.41) is 0. The van der Waals surface area contributed by atoms with Gasteiger partial charge in [0.05, 0.1) is 18.9 Å². The third-order valence-electron chi connectivity index (χ3n) is 5.49. The highest BCUT2D eigenvalue weighted by Gasteiger charge is 2.49. The number of ether oxygens (including phenoxy) is 2. The quantitative estimate of drug-likeness (QED) is 0.254. The highest BCUT2D eigenvalue weighted by molar-refractivity contribution is 7.99. The van der Waals surface area contributed by atoms with Gasteiger partial charge in [-0.1, -0.05) is 19.3 Å². The predicted octanol–water partition coefficient (Wildman–Crippen LogP) is 5.71. The number of hydrogen-bond acceptors (Lipinski definition) is 4. The predicted molar refractivity (Wildman–Crippen MR) is 102 cm³/mol. The molecule has 0 amide bonds. The topological polar surface area (TPSA) is 35.5 Å². The fourth-order valence-corrected chi connectivity index (χ4v) is 5.02. The zero-order valence-corrected chi connectivity index (χ0v) is 17.4. The smallest absolute Gasteiger partial charge is 0.309 e. The van der Waals surface area contributed by atoms with E-state index >= 15 is 0 Å². The standard InChI is InChI=1S/C20H32F4O3S/c1-19(21,22)14-20(23,24)17(27-18(25)16-5-3-2-4-6-16)13-26-10-7-15-8-11-28-12-9-15/h15-17H,2-14H2,1H3. The Morgan fingerprint density at radius 3 is 2.32 bits per heavy atom. The van der Waals surface area contributed by atoms with Crippen molar-refractivity contribution < 1.29 is 31.8 Å². The van der Waals surface area contributed by atoms with Gasteiger partial charge in [-0.15, -0.1) is 0 Å². The van der Waals surface area contributed by atoms with E-state index in [0.717, 1.165) is 50.0 Å². The summed E-state index contributed by atoms with van der Waals surface area (Å²) in [5.41, 5.74) is 0. The molecular weight excluding hydrogens is 396 g/mol. The van der Waals surface area contributed by atoms with Crippen molar-refractivity contribution in [2.75, 3.05) is 24.7 Å². The Kier molecular flexibility index (Phi) is 9.38. The second-order valence-electron chi connectivity index (χ2n) is 8.19. The molecule has 1 saturated carbocycles. The Hall–Kier alpha value is -0.500. The van der Waals surface area contributed by atoms with E-state index in [-0.39, 0.29) is 6.61 Å². The van der Waals surface area contributed by atoms with E-state index in [1.807, 2.05) is 11.8 Å². The molecule has 2 rings (SSSR count). The van der Waals surface area contributed by atoms with Crippen LogP contribution in [0.4, 0.5) is 17.6 Å². The second-order valence-corrected chi connectivity index (χ2v) is 9.41. The van der Waals surface area contributed by atoms with E-state index in [4.69, 9.17) is 9.47 Å². The molecule has 28 heavy (non-hydrogen) atoms. The van der Waals surface area contributed by atoms with Crippen molar-refractivity contribution in [1.82, 2.24) is 0 Å². The molecule has 1 heterocycles. The van der Waals surface area contributed by atoms with Crippen LogP contribution < -0.4 is 0 Å². The molecule has 3 nitrogen and oxygen atoms in total. The maximum absolute atomic E-state index is 14.5. The van der Waals surface area contributed by atoms with E-state index in [0.29, 0.717) is 25.7 Å². The molecule has 1 atom stereocenters. The number of hydrogen-bond donors (Lipinski definition) is 0. The summed E-state index contributed by atoms with van der Waals surface area (Å²) >= 11 is 1.90. The van der Waals surface area contributed by atoms with Crippen molar-refractivity contribution in [1.29, 1.82) is 0 Å². The molecule has 0 aromatic rings. The van der Waals surface area contributed by atoms with E-state index < -0.39 is 42.9 Å². The summed E-state index contributed by atoms with van der Waals surface area (Å²) in [4.78, 5) is 12.3. The number of alkyl halides is 4. The molecule has 0 bridgehead atoms. The number of thioether (sulfide) groups is 1. The van der Waals surface area contributed by atoms with Crippen LogP contribution in [-0.2, 0) is 14.3 Å². The van der Waals surface area contributed by atoms with Gasteiger partial charge < -0.3 is 9.47 Å². The van der Waals surface area contributed by atoms with Crippen molar-refractivity contribution >= 4 is 17.7 Å². The SMILES string of the molecule is CC(F)(F)CC(F)(F)C(COCCC1CCSCC1)OC(=O)C1CCCCC1. The largest absolute Gasteiger partial charge is 0.453 e. The molecular formula is C20H32F4O3S. The Bertz CT molecular complexity index is 473. The monoisotopic (exact) mass is 428 g/mol. The van der Waals surface area contributed by atoms with Crippen molar-refractivity contribution in [3.8, 4) is 0 Å². The minimum Gasteiger partial charge on any atom is -0.453 e. The zero-order valence-electron chi connectivity index (χ0n) is 16.6. The van der Waals surface area contributed by atoms with Gasteiger partial charge in [0.1, 0.15) is 0 Å². The molecule has 0 spiro atoms. The number of esters is 1. The van der Waals surface area contributed by atoms with Gasteiger partial charge in [-0.05, 0) is 56.5 Å². The summed E-state index contributed by atoms with van der Waals surface area (Å²) in [6, 6.07) is 0. The van der Waals surface area contributed by atoms with Crippen LogP contribution in [0.5, 0.6) is 0 Å². The number of carbonyl (C=O) groups excluding carboxylic acids is 1. The number of halogens is 4. The first-order valence-electron chi connectivity index (χ1n) is 10.3. The van der Waals surface area contributed by atoms with Gasteiger partial charge in [-0.3, -0.25) is 4.79 Å². The first-order valence-corrected chi connectivity index (χ1v) is 11.4. The van der Waals surface area contributed by atoms with E-state index in [1.54, 1.807) is 0 Å². The Morgan fingerprint density at radius 1 is 1.07 bits per heavy atom. The van der Waals surface area contributed by atoms with Crippen LogP contribution >= 0.6 is 11.8 Å². The molecule has 8 heteroatoms. The van der Waals surface area contributed by atoms with Crippen LogP contribution in [0.2, 0.25) is 0 Å².